The zero-order valence-corrected chi connectivity index (χ0v) is 20.4. The Bertz CT molecular complexity index is 1750. The normalized spacial score (nSPS) is 15.6. The minimum absolute atomic E-state index is 0.212. The molecule has 0 amide bonds. The molecule has 0 atom stereocenters. The molecule has 0 unspecified atom stereocenters. The summed E-state index contributed by atoms with van der Waals surface area (Å²) >= 11 is 7.59. The van der Waals surface area contributed by atoms with Crippen molar-refractivity contribution in [2.24, 2.45) is 0 Å². The SMILES string of the molecule is O=c1[nH]c2cc(-c3ccccc3Cl)sc2c(=O)n1-c1cncc2ccc(N3CCC(F)(F)CC3)cc12. The van der Waals surface area contributed by atoms with Gasteiger partial charge in [-0.15, -0.1) is 11.3 Å². The third-order valence-corrected chi connectivity index (χ3v) is 8.02. The molecule has 1 aliphatic rings. The number of aromatic nitrogens is 3. The lowest BCUT2D eigenvalue weighted by atomic mass is 10.0. The molecule has 1 saturated heterocycles. The molecule has 10 heteroatoms. The fourth-order valence-corrected chi connectivity index (χ4v) is 6.00. The molecule has 36 heavy (non-hydrogen) atoms. The molecule has 182 valence electrons. The topological polar surface area (TPSA) is 71.0 Å². The van der Waals surface area contributed by atoms with Crippen molar-refractivity contribution in [2.45, 2.75) is 18.8 Å². The van der Waals surface area contributed by atoms with E-state index in [2.05, 4.69) is 9.97 Å². The first-order valence-corrected chi connectivity index (χ1v) is 12.5. The molecular weight excluding hydrogens is 506 g/mol. The van der Waals surface area contributed by atoms with Crippen LogP contribution in [-0.2, 0) is 0 Å². The first-order valence-electron chi connectivity index (χ1n) is 11.4. The zero-order chi connectivity index (χ0) is 25.0. The summed E-state index contributed by atoms with van der Waals surface area (Å²) < 4.78 is 28.8. The zero-order valence-electron chi connectivity index (χ0n) is 18.8. The summed E-state index contributed by atoms with van der Waals surface area (Å²) in [7, 11) is 0. The summed E-state index contributed by atoms with van der Waals surface area (Å²) in [4.78, 5) is 36.4. The van der Waals surface area contributed by atoms with Gasteiger partial charge in [-0.3, -0.25) is 9.78 Å². The van der Waals surface area contributed by atoms with Crippen LogP contribution in [0.25, 0.3) is 37.1 Å². The van der Waals surface area contributed by atoms with Crippen molar-refractivity contribution in [3.05, 3.63) is 86.8 Å². The number of fused-ring (bicyclic) bond motifs is 2. The molecule has 1 fully saturated rings. The number of halogens is 3. The lowest BCUT2D eigenvalue weighted by molar-refractivity contribution is -0.0220. The van der Waals surface area contributed by atoms with Crippen LogP contribution in [0, 0.1) is 0 Å². The quantitative estimate of drug-likeness (QED) is 0.322. The molecule has 1 aliphatic heterocycles. The number of thiophene rings is 1. The fourth-order valence-electron chi connectivity index (χ4n) is 4.62. The molecule has 4 heterocycles. The minimum Gasteiger partial charge on any atom is -0.371 e. The van der Waals surface area contributed by atoms with Crippen molar-refractivity contribution in [3.63, 3.8) is 0 Å². The predicted octanol–water partition coefficient (Wildman–Crippen LogP) is 5.84. The van der Waals surface area contributed by atoms with E-state index in [1.807, 2.05) is 41.3 Å². The van der Waals surface area contributed by atoms with Gasteiger partial charge in [0.1, 0.15) is 4.70 Å². The Labute approximate surface area is 212 Å². The summed E-state index contributed by atoms with van der Waals surface area (Å²) in [5.41, 5.74) is 1.24. The number of rotatable bonds is 3. The van der Waals surface area contributed by atoms with Crippen LogP contribution in [-0.4, -0.2) is 33.5 Å². The standard InChI is InChI=1S/C26H19ClF2N4O2S/c27-19-4-2-1-3-17(19)22-12-20-23(36-22)24(34)33(25(35)31-20)21-14-30-13-15-5-6-16(11-18(15)21)32-9-7-26(28,29)8-10-32/h1-6,11-14H,7-10H2,(H,31,35). The van der Waals surface area contributed by atoms with Crippen LogP contribution in [0.2, 0.25) is 5.02 Å². The van der Waals surface area contributed by atoms with Crippen LogP contribution in [0.1, 0.15) is 12.8 Å². The highest BCUT2D eigenvalue weighted by Gasteiger charge is 2.34. The van der Waals surface area contributed by atoms with Gasteiger partial charge in [0.15, 0.2) is 0 Å². The Balaban J connectivity index is 1.50. The summed E-state index contributed by atoms with van der Waals surface area (Å²) in [5.74, 6) is -2.65. The van der Waals surface area contributed by atoms with Crippen LogP contribution in [0.3, 0.4) is 0 Å². The maximum atomic E-state index is 13.7. The first kappa shape index (κ1) is 22.9. The smallest absolute Gasteiger partial charge is 0.333 e. The second-order valence-corrected chi connectivity index (χ2v) is 10.3. The first-order chi connectivity index (χ1) is 17.3. The van der Waals surface area contributed by atoms with E-state index in [1.54, 1.807) is 18.3 Å². The molecule has 6 rings (SSSR count). The van der Waals surface area contributed by atoms with Crippen molar-refractivity contribution in [3.8, 4) is 16.1 Å². The van der Waals surface area contributed by atoms with E-state index in [0.29, 0.717) is 26.3 Å². The van der Waals surface area contributed by atoms with Crippen molar-refractivity contribution >= 4 is 49.6 Å². The van der Waals surface area contributed by atoms with Gasteiger partial charge in [-0.2, -0.15) is 0 Å². The van der Waals surface area contributed by atoms with Crippen LogP contribution in [0.4, 0.5) is 14.5 Å². The molecule has 2 aromatic carbocycles. The number of pyridine rings is 1. The third-order valence-electron chi connectivity index (χ3n) is 6.54. The summed E-state index contributed by atoms with van der Waals surface area (Å²) in [5, 5.41) is 1.91. The number of piperidine rings is 1. The summed E-state index contributed by atoms with van der Waals surface area (Å²) in [6.45, 7) is 0.455. The average Bonchev–Trinajstić information content (AvgIpc) is 3.28. The van der Waals surface area contributed by atoms with E-state index in [0.717, 1.165) is 26.1 Å². The van der Waals surface area contributed by atoms with Crippen molar-refractivity contribution in [2.75, 3.05) is 18.0 Å². The maximum Gasteiger partial charge on any atom is 0.333 e. The molecule has 0 spiro atoms. The number of nitrogens with zero attached hydrogens (tertiary/aromatic N) is 3. The fraction of sp³-hybridized carbons (Fsp3) is 0.192. The van der Waals surface area contributed by atoms with Crippen molar-refractivity contribution in [1.29, 1.82) is 0 Å². The Hall–Kier alpha value is -3.56. The molecule has 0 radical (unpaired) electrons. The number of aromatic amines is 1. The van der Waals surface area contributed by atoms with Gasteiger partial charge in [0.05, 0.1) is 17.4 Å². The Kier molecular flexibility index (Phi) is 5.42. The van der Waals surface area contributed by atoms with Gasteiger partial charge in [0.25, 0.3) is 11.5 Å². The highest BCUT2D eigenvalue weighted by atomic mass is 35.5. The van der Waals surface area contributed by atoms with E-state index in [-0.39, 0.29) is 25.9 Å². The number of H-pyrrole nitrogens is 1. The van der Waals surface area contributed by atoms with Gasteiger partial charge in [-0.25, -0.2) is 18.1 Å². The second kappa shape index (κ2) is 8.53. The number of benzene rings is 2. The Morgan fingerprint density at radius 2 is 1.81 bits per heavy atom. The van der Waals surface area contributed by atoms with Crippen molar-refractivity contribution in [1.82, 2.24) is 14.5 Å². The van der Waals surface area contributed by atoms with E-state index in [4.69, 9.17) is 11.6 Å². The highest BCUT2D eigenvalue weighted by Crippen LogP contribution is 2.36. The average molecular weight is 525 g/mol. The van der Waals surface area contributed by atoms with E-state index in [9.17, 15) is 18.4 Å². The van der Waals surface area contributed by atoms with Gasteiger partial charge in [0, 0.05) is 64.1 Å². The summed E-state index contributed by atoms with van der Waals surface area (Å²) in [6.07, 6.45) is 2.69. The third kappa shape index (κ3) is 3.88. The lowest BCUT2D eigenvalue weighted by Crippen LogP contribution is -2.39. The van der Waals surface area contributed by atoms with E-state index >= 15 is 0 Å². The molecule has 0 bridgehead atoms. The molecule has 0 aliphatic carbocycles. The largest absolute Gasteiger partial charge is 0.371 e. The number of anilines is 1. The number of alkyl halides is 2. The monoisotopic (exact) mass is 524 g/mol. The van der Waals surface area contributed by atoms with Gasteiger partial charge in [0.2, 0.25) is 0 Å². The van der Waals surface area contributed by atoms with E-state index < -0.39 is 17.2 Å². The Morgan fingerprint density at radius 3 is 2.58 bits per heavy atom. The second-order valence-electron chi connectivity index (χ2n) is 8.81. The van der Waals surface area contributed by atoms with Crippen LogP contribution in [0.5, 0.6) is 0 Å². The minimum atomic E-state index is -2.65. The van der Waals surface area contributed by atoms with E-state index in [1.165, 1.54) is 17.5 Å². The molecule has 3 aromatic heterocycles. The van der Waals surface area contributed by atoms with Gasteiger partial charge in [-0.1, -0.05) is 35.9 Å². The van der Waals surface area contributed by atoms with Gasteiger partial charge < -0.3 is 9.88 Å². The lowest BCUT2D eigenvalue weighted by Gasteiger charge is -2.33. The molecule has 1 N–H and O–H groups in total. The highest BCUT2D eigenvalue weighted by molar-refractivity contribution is 7.22. The number of nitrogens with one attached hydrogen (secondary N) is 1. The van der Waals surface area contributed by atoms with Gasteiger partial charge in [-0.05, 0) is 24.3 Å². The van der Waals surface area contributed by atoms with Crippen LogP contribution < -0.4 is 16.1 Å². The van der Waals surface area contributed by atoms with Crippen LogP contribution >= 0.6 is 22.9 Å². The maximum absolute atomic E-state index is 13.7. The number of hydrogen-bond acceptors (Lipinski definition) is 5. The molecule has 6 nitrogen and oxygen atoms in total. The molecular formula is C26H19ClF2N4O2S. The van der Waals surface area contributed by atoms with Crippen LogP contribution in [0.15, 0.2) is 70.5 Å². The predicted molar refractivity (Wildman–Crippen MR) is 140 cm³/mol. The number of hydrogen-bond donors (Lipinski definition) is 1. The Morgan fingerprint density at radius 1 is 1.03 bits per heavy atom. The van der Waals surface area contributed by atoms with Crippen molar-refractivity contribution < 1.29 is 8.78 Å². The van der Waals surface area contributed by atoms with Gasteiger partial charge >= 0.3 is 5.69 Å². The summed E-state index contributed by atoms with van der Waals surface area (Å²) in [6, 6.07) is 14.6. The molecule has 0 saturated carbocycles. The molecule has 5 aromatic rings.